The molecule has 1 atom stereocenters. The number of nitrogens with zero attached hydrogens (tertiary/aromatic N) is 1. The Hall–Kier alpha value is -0.720. The molecule has 0 aliphatic carbocycles. The first kappa shape index (κ1) is 12.7. The normalized spacial score (nSPS) is 19.0. The van der Waals surface area contributed by atoms with Crippen LogP contribution in [0.5, 0.6) is 0 Å². The molecule has 0 spiro atoms. The highest BCUT2D eigenvalue weighted by molar-refractivity contribution is 9.10. The van der Waals surface area contributed by atoms with E-state index >= 15 is 0 Å². The summed E-state index contributed by atoms with van der Waals surface area (Å²) in [6.07, 6.45) is 4.24. The van der Waals surface area contributed by atoms with Crippen molar-refractivity contribution in [2.45, 2.75) is 18.9 Å². The monoisotopic (exact) mass is 315 g/mol. The first-order chi connectivity index (χ1) is 8.24. The van der Waals surface area contributed by atoms with Crippen molar-refractivity contribution in [3.05, 3.63) is 22.8 Å². The lowest BCUT2D eigenvalue weighted by Crippen LogP contribution is -2.35. The minimum atomic E-state index is 0.283. The number of hydrogen-bond donors (Lipinski definition) is 2. The Labute approximate surface area is 114 Å². The maximum absolute atomic E-state index is 5.50. The number of anilines is 1. The topological polar surface area (TPSA) is 46.2 Å². The van der Waals surface area contributed by atoms with Gasteiger partial charge in [0.25, 0.3) is 0 Å². The average Bonchev–Trinajstić information content (AvgIpc) is 2.79. The predicted octanol–water partition coefficient (Wildman–Crippen LogP) is 2.31. The van der Waals surface area contributed by atoms with Crippen LogP contribution in [0.15, 0.2) is 22.8 Å². The van der Waals surface area contributed by atoms with E-state index < -0.39 is 0 Å². The molecule has 2 rings (SSSR count). The summed E-state index contributed by atoms with van der Waals surface area (Å²) in [6.45, 7) is 1.61. The standard InChI is InChI=1S/C11H14BrN3OS/c12-8-3-4-13-10(6-8)15-11(17)14-7-9-2-1-5-16-9/h3-4,6,9H,1-2,5,7H2,(H2,13,14,15,17). The second-order valence-electron chi connectivity index (χ2n) is 3.83. The molecule has 0 amide bonds. The van der Waals surface area contributed by atoms with E-state index in [0.29, 0.717) is 5.11 Å². The third-order valence-electron chi connectivity index (χ3n) is 2.48. The summed E-state index contributed by atoms with van der Waals surface area (Å²) < 4.78 is 6.47. The molecule has 1 aromatic rings. The Kier molecular flexibility index (Phi) is 4.70. The third-order valence-corrected chi connectivity index (χ3v) is 3.22. The molecule has 4 nitrogen and oxygen atoms in total. The van der Waals surface area contributed by atoms with Gasteiger partial charge in [-0.1, -0.05) is 15.9 Å². The van der Waals surface area contributed by atoms with Crippen LogP contribution in [0, 0.1) is 0 Å². The van der Waals surface area contributed by atoms with E-state index in [4.69, 9.17) is 17.0 Å². The summed E-state index contributed by atoms with van der Waals surface area (Å²) in [5, 5.41) is 6.74. The minimum absolute atomic E-state index is 0.283. The molecule has 17 heavy (non-hydrogen) atoms. The average molecular weight is 316 g/mol. The fraction of sp³-hybridized carbons (Fsp3) is 0.455. The SMILES string of the molecule is S=C(NCC1CCCO1)Nc1cc(Br)ccn1. The maximum atomic E-state index is 5.50. The van der Waals surface area contributed by atoms with Gasteiger partial charge in [-0.25, -0.2) is 4.98 Å². The Bertz CT molecular complexity index is 396. The second-order valence-corrected chi connectivity index (χ2v) is 5.15. The molecule has 0 saturated carbocycles. The van der Waals surface area contributed by atoms with Crippen molar-refractivity contribution in [1.29, 1.82) is 0 Å². The molecule has 1 unspecified atom stereocenters. The zero-order valence-corrected chi connectivity index (χ0v) is 11.7. The summed E-state index contributed by atoms with van der Waals surface area (Å²) in [6, 6.07) is 3.74. The highest BCUT2D eigenvalue weighted by Gasteiger charge is 2.15. The van der Waals surface area contributed by atoms with Crippen LogP contribution in [0.4, 0.5) is 5.82 Å². The number of aromatic nitrogens is 1. The quantitative estimate of drug-likeness (QED) is 0.838. The summed E-state index contributed by atoms with van der Waals surface area (Å²) in [5.74, 6) is 0.726. The Morgan fingerprint density at radius 2 is 2.53 bits per heavy atom. The van der Waals surface area contributed by atoms with Gasteiger partial charge in [0, 0.05) is 23.8 Å². The van der Waals surface area contributed by atoms with Crippen molar-refractivity contribution in [1.82, 2.24) is 10.3 Å². The Morgan fingerprint density at radius 3 is 3.24 bits per heavy atom. The molecule has 1 aliphatic heterocycles. The summed E-state index contributed by atoms with van der Waals surface area (Å²) in [5.41, 5.74) is 0. The molecule has 0 aromatic carbocycles. The van der Waals surface area contributed by atoms with Crippen molar-refractivity contribution in [2.24, 2.45) is 0 Å². The molecule has 2 heterocycles. The van der Waals surface area contributed by atoms with Gasteiger partial charge in [-0.2, -0.15) is 0 Å². The van der Waals surface area contributed by atoms with E-state index in [2.05, 4.69) is 31.5 Å². The van der Waals surface area contributed by atoms with Crippen LogP contribution in [-0.2, 0) is 4.74 Å². The van der Waals surface area contributed by atoms with Crippen LogP contribution < -0.4 is 10.6 Å². The molecule has 0 bridgehead atoms. The van der Waals surface area contributed by atoms with Gasteiger partial charge in [0.1, 0.15) is 5.82 Å². The largest absolute Gasteiger partial charge is 0.376 e. The zero-order valence-electron chi connectivity index (χ0n) is 9.28. The van der Waals surface area contributed by atoms with Crippen LogP contribution in [-0.4, -0.2) is 29.4 Å². The van der Waals surface area contributed by atoms with Crippen LogP contribution in [0.1, 0.15) is 12.8 Å². The summed E-state index contributed by atoms with van der Waals surface area (Å²) >= 11 is 8.56. The fourth-order valence-corrected chi connectivity index (χ4v) is 2.17. The highest BCUT2D eigenvalue weighted by Crippen LogP contribution is 2.13. The van der Waals surface area contributed by atoms with Gasteiger partial charge in [0.2, 0.25) is 0 Å². The lowest BCUT2D eigenvalue weighted by molar-refractivity contribution is 0.114. The van der Waals surface area contributed by atoms with Gasteiger partial charge in [0.05, 0.1) is 6.10 Å². The second kappa shape index (κ2) is 6.28. The van der Waals surface area contributed by atoms with Crippen molar-refractivity contribution < 1.29 is 4.74 Å². The molecule has 1 saturated heterocycles. The molecule has 2 N–H and O–H groups in total. The molecule has 1 fully saturated rings. The van der Waals surface area contributed by atoms with Crippen molar-refractivity contribution in [3.8, 4) is 0 Å². The van der Waals surface area contributed by atoms with E-state index in [0.717, 1.165) is 36.3 Å². The highest BCUT2D eigenvalue weighted by atomic mass is 79.9. The number of ether oxygens (including phenoxy) is 1. The van der Waals surface area contributed by atoms with Crippen molar-refractivity contribution in [2.75, 3.05) is 18.5 Å². The number of halogens is 1. The van der Waals surface area contributed by atoms with Crippen molar-refractivity contribution >= 4 is 39.1 Å². The number of thiocarbonyl (C=S) groups is 1. The lowest BCUT2D eigenvalue weighted by Gasteiger charge is -2.13. The van der Waals surface area contributed by atoms with Crippen LogP contribution in [0.2, 0.25) is 0 Å². The number of pyridine rings is 1. The van der Waals surface area contributed by atoms with Gasteiger partial charge in [-0.3, -0.25) is 0 Å². The van der Waals surface area contributed by atoms with E-state index in [9.17, 15) is 0 Å². The number of nitrogens with one attached hydrogen (secondary N) is 2. The van der Waals surface area contributed by atoms with Crippen LogP contribution in [0.3, 0.4) is 0 Å². The van der Waals surface area contributed by atoms with Gasteiger partial charge >= 0.3 is 0 Å². The molecule has 0 radical (unpaired) electrons. The molecular weight excluding hydrogens is 302 g/mol. The Morgan fingerprint density at radius 1 is 1.65 bits per heavy atom. The first-order valence-corrected chi connectivity index (χ1v) is 6.72. The minimum Gasteiger partial charge on any atom is -0.376 e. The van der Waals surface area contributed by atoms with Gasteiger partial charge in [0.15, 0.2) is 5.11 Å². The van der Waals surface area contributed by atoms with E-state index in [1.165, 1.54) is 0 Å². The lowest BCUT2D eigenvalue weighted by atomic mass is 10.2. The first-order valence-electron chi connectivity index (χ1n) is 5.52. The van der Waals surface area contributed by atoms with E-state index in [-0.39, 0.29) is 6.10 Å². The molecular formula is C11H14BrN3OS. The van der Waals surface area contributed by atoms with Crippen LogP contribution in [0.25, 0.3) is 0 Å². The predicted molar refractivity (Wildman–Crippen MR) is 75.1 cm³/mol. The smallest absolute Gasteiger partial charge is 0.172 e. The van der Waals surface area contributed by atoms with E-state index in [1.54, 1.807) is 6.20 Å². The van der Waals surface area contributed by atoms with Gasteiger partial charge in [-0.05, 0) is 37.2 Å². The zero-order chi connectivity index (χ0) is 12.1. The summed E-state index contributed by atoms with van der Waals surface area (Å²) in [4.78, 5) is 4.16. The van der Waals surface area contributed by atoms with Crippen molar-refractivity contribution in [3.63, 3.8) is 0 Å². The molecule has 6 heteroatoms. The van der Waals surface area contributed by atoms with Gasteiger partial charge in [-0.15, -0.1) is 0 Å². The molecule has 1 aliphatic rings. The van der Waals surface area contributed by atoms with Gasteiger partial charge < -0.3 is 15.4 Å². The molecule has 1 aromatic heterocycles. The number of hydrogen-bond acceptors (Lipinski definition) is 3. The Balaban J connectivity index is 1.76. The number of rotatable bonds is 3. The fourth-order valence-electron chi connectivity index (χ4n) is 1.65. The van der Waals surface area contributed by atoms with E-state index in [1.807, 2.05) is 12.1 Å². The van der Waals surface area contributed by atoms with Crippen LogP contribution >= 0.6 is 28.1 Å². The maximum Gasteiger partial charge on any atom is 0.172 e. The summed E-state index contributed by atoms with van der Waals surface area (Å²) in [7, 11) is 0. The molecule has 92 valence electrons. The third kappa shape index (κ3) is 4.22.